The summed E-state index contributed by atoms with van der Waals surface area (Å²) in [4.78, 5) is 30.0. The topological polar surface area (TPSA) is 70.1 Å². The predicted molar refractivity (Wildman–Crippen MR) is 135 cm³/mol. The molecule has 1 atom stereocenters. The Bertz CT molecular complexity index is 1030. The van der Waals surface area contributed by atoms with E-state index in [-0.39, 0.29) is 11.3 Å². The Morgan fingerprint density at radius 3 is 2.44 bits per heavy atom. The molecule has 0 saturated carbocycles. The average molecular weight is 485 g/mol. The number of halogens is 1. The van der Waals surface area contributed by atoms with E-state index in [2.05, 4.69) is 25.7 Å². The number of aliphatic hydroxyl groups excluding tert-OH is 1. The number of nitrogens with zero attached hydrogens (tertiary/aromatic N) is 2. The van der Waals surface area contributed by atoms with Gasteiger partial charge in [-0.2, -0.15) is 0 Å². The molecule has 1 unspecified atom stereocenters. The lowest BCUT2D eigenvalue weighted by Gasteiger charge is -2.28. The van der Waals surface area contributed by atoms with Crippen LogP contribution in [-0.4, -0.2) is 59.4 Å². The minimum absolute atomic E-state index is 0.0811. The van der Waals surface area contributed by atoms with Gasteiger partial charge in [0.25, 0.3) is 11.7 Å². The van der Waals surface area contributed by atoms with E-state index in [1.807, 2.05) is 6.07 Å². The molecule has 0 aliphatic carbocycles. The quantitative estimate of drug-likeness (QED) is 0.203. The summed E-state index contributed by atoms with van der Waals surface area (Å²) in [5.74, 6) is -0.890. The van der Waals surface area contributed by atoms with Crippen molar-refractivity contribution in [3.63, 3.8) is 0 Å². The molecule has 2 aromatic rings. The highest BCUT2D eigenvalue weighted by atomic mass is 35.5. The van der Waals surface area contributed by atoms with Crippen molar-refractivity contribution in [1.29, 1.82) is 0 Å². The van der Waals surface area contributed by atoms with E-state index in [9.17, 15) is 14.7 Å². The summed E-state index contributed by atoms with van der Waals surface area (Å²) in [5, 5.41) is 11.8. The minimum Gasteiger partial charge on any atom is -0.507 e. The highest BCUT2D eigenvalue weighted by molar-refractivity contribution is 6.46. The third kappa shape index (κ3) is 5.80. The van der Waals surface area contributed by atoms with Gasteiger partial charge in [-0.15, -0.1) is 0 Å². The summed E-state index contributed by atoms with van der Waals surface area (Å²) in [7, 11) is 0. The zero-order chi connectivity index (χ0) is 24.7. The van der Waals surface area contributed by atoms with Crippen molar-refractivity contribution in [3.8, 4) is 5.75 Å². The lowest BCUT2D eigenvalue weighted by molar-refractivity contribution is -0.140. The van der Waals surface area contributed by atoms with Crippen LogP contribution in [0.15, 0.2) is 54.1 Å². The summed E-state index contributed by atoms with van der Waals surface area (Å²) >= 11 is 6.09. The molecule has 3 rings (SSSR count). The fraction of sp³-hybridized carbons (Fsp3) is 0.407. The second-order valence-corrected chi connectivity index (χ2v) is 8.74. The number of aliphatic hydroxyl groups is 1. The number of carbonyl (C=O) groups is 2. The van der Waals surface area contributed by atoms with Crippen molar-refractivity contribution in [2.24, 2.45) is 0 Å². The monoisotopic (exact) mass is 484 g/mol. The lowest BCUT2D eigenvalue weighted by atomic mass is 9.95. The molecule has 6 nitrogen and oxygen atoms in total. The normalized spacial score (nSPS) is 17.6. The molecule has 1 aliphatic heterocycles. The van der Waals surface area contributed by atoms with Gasteiger partial charge < -0.3 is 19.6 Å². The SMILES string of the molecule is CCCCOc1cccc(/C(O)=C2\C(=O)C(=O)N(CCN(CC)CC)C2c2ccc(Cl)cc2)c1. The van der Waals surface area contributed by atoms with E-state index in [1.165, 1.54) is 0 Å². The van der Waals surface area contributed by atoms with Crippen LogP contribution in [0.4, 0.5) is 0 Å². The maximum Gasteiger partial charge on any atom is 0.295 e. The van der Waals surface area contributed by atoms with E-state index in [1.54, 1.807) is 47.4 Å². The zero-order valence-corrected chi connectivity index (χ0v) is 20.8. The second-order valence-electron chi connectivity index (χ2n) is 8.30. The Labute approximate surface area is 206 Å². The number of hydrogen-bond donors (Lipinski definition) is 1. The van der Waals surface area contributed by atoms with Gasteiger partial charge >= 0.3 is 0 Å². The van der Waals surface area contributed by atoms with Gasteiger partial charge in [-0.3, -0.25) is 9.59 Å². The fourth-order valence-electron chi connectivity index (χ4n) is 4.11. The molecule has 34 heavy (non-hydrogen) atoms. The van der Waals surface area contributed by atoms with Crippen LogP contribution in [-0.2, 0) is 9.59 Å². The maximum absolute atomic E-state index is 13.2. The van der Waals surface area contributed by atoms with Crippen LogP contribution < -0.4 is 4.74 Å². The van der Waals surface area contributed by atoms with Crippen LogP contribution in [0, 0.1) is 0 Å². The van der Waals surface area contributed by atoms with Crippen molar-refractivity contribution >= 4 is 29.1 Å². The molecule has 0 radical (unpaired) electrons. The first-order chi connectivity index (χ1) is 16.4. The van der Waals surface area contributed by atoms with Crippen LogP contribution >= 0.6 is 11.6 Å². The molecule has 1 N–H and O–H groups in total. The number of amides is 1. The highest BCUT2D eigenvalue weighted by Gasteiger charge is 2.45. The van der Waals surface area contributed by atoms with Gasteiger partial charge in [0.2, 0.25) is 0 Å². The Morgan fingerprint density at radius 1 is 1.09 bits per heavy atom. The largest absolute Gasteiger partial charge is 0.507 e. The van der Waals surface area contributed by atoms with Gasteiger partial charge in [0.1, 0.15) is 11.5 Å². The van der Waals surface area contributed by atoms with Crippen LogP contribution in [0.5, 0.6) is 5.75 Å². The summed E-state index contributed by atoms with van der Waals surface area (Å²) in [6.45, 7) is 9.46. The number of ketones is 1. The molecule has 1 heterocycles. The standard InChI is InChI=1S/C27H33ClN2O4/c1-4-7-17-34-22-10-8-9-20(18-22)25(31)23-24(19-11-13-21(28)14-12-19)30(27(33)26(23)32)16-15-29(5-2)6-3/h8-14,18,24,31H,4-7,15-17H2,1-3H3/b25-23+. The molecule has 0 bridgehead atoms. The van der Waals surface area contributed by atoms with E-state index in [0.29, 0.717) is 36.0 Å². The molecule has 1 amide bonds. The lowest BCUT2D eigenvalue weighted by Crippen LogP contribution is -2.38. The van der Waals surface area contributed by atoms with Crippen LogP contribution in [0.3, 0.4) is 0 Å². The molecule has 0 aromatic heterocycles. The fourth-order valence-corrected chi connectivity index (χ4v) is 4.24. The number of likely N-dealkylation sites (tertiary alicyclic amines) is 1. The smallest absolute Gasteiger partial charge is 0.295 e. The molecular formula is C27H33ClN2O4. The number of ether oxygens (including phenoxy) is 1. The zero-order valence-electron chi connectivity index (χ0n) is 20.1. The number of rotatable bonds is 11. The first-order valence-corrected chi connectivity index (χ1v) is 12.3. The Balaban J connectivity index is 2.03. The molecule has 2 aromatic carbocycles. The number of carbonyl (C=O) groups excluding carboxylic acids is 2. The van der Waals surface area contributed by atoms with E-state index in [0.717, 1.165) is 31.5 Å². The molecule has 1 saturated heterocycles. The third-order valence-electron chi connectivity index (χ3n) is 6.15. The molecule has 1 fully saturated rings. The summed E-state index contributed by atoms with van der Waals surface area (Å²) in [6.07, 6.45) is 1.93. The second kappa shape index (κ2) is 12.0. The van der Waals surface area contributed by atoms with E-state index in [4.69, 9.17) is 16.3 Å². The van der Waals surface area contributed by atoms with Gasteiger partial charge in [-0.1, -0.05) is 63.1 Å². The van der Waals surface area contributed by atoms with Crippen molar-refractivity contribution in [3.05, 3.63) is 70.3 Å². The minimum atomic E-state index is -0.697. The Morgan fingerprint density at radius 2 is 1.79 bits per heavy atom. The van der Waals surface area contributed by atoms with Crippen molar-refractivity contribution in [2.75, 3.05) is 32.8 Å². The Kier molecular flexibility index (Phi) is 9.13. The maximum atomic E-state index is 13.2. The van der Waals surface area contributed by atoms with Crippen molar-refractivity contribution in [1.82, 2.24) is 9.80 Å². The average Bonchev–Trinajstić information content (AvgIpc) is 3.10. The summed E-state index contributed by atoms with van der Waals surface area (Å²) < 4.78 is 5.77. The predicted octanol–water partition coefficient (Wildman–Crippen LogP) is 5.28. The van der Waals surface area contributed by atoms with Gasteiger partial charge in [-0.05, 0) is 49.3 Å². The van der Waals surface area contributed by atoms with Crippen LogP contribution in [0.2, 0.25) is 5.02 Å². The van der Waals surface area contributed by atoms with E-state index >= 15 is 0 Å². The number of benzene rings is 2. The van der Waals surface area contributed by atoms with Crippen LogP contribution in [0.1, 0.15) is 50.8 Å². The number of unbranched alkanes of at least 4 members (excludes halogenated alkanes) is 1. The van der Waals surface area contributed by atoms with Crippen molar-refractivity contribution < 1.29 is 19.4 Å². The summed E-state index contributed by atoms with van der Waals surface area (Å²) in [5.41, 5.74) is 1.24. The van der Waals surface area contributed by atoms with E-state index < -0.39 is 17.7 Å². The van der Waals surface area contributed by atoms with Gasteiger partial charge in [0.05, 0.1) is 18.2 Å². The molecule has 1 aliphatic rings. The first kappa shape index (κ1) is 25.8. The number of Topliss-reactive ketones (excluding diaryl/α,β-unsaturated/α-hetero) is 1. The third-order valence-corrected chi connectivity index (χ3v) is 6.40. The molecule has 182 valence electrons. The van der Waals surface area contributed by atoms with Crippen molar-refractivity contribution in [2.45, 2.75) is 39.7 Å². The molecule has 7 heteroatoms. The summed E-state index contributed by atoms with van der Waals surface area (Å²) in [6, 6.07) is 13.3. The van der Waals surface area contributed by atoms with Gasteiger partial charge in [-0.25, -0.2) is 0 Å². The number of likely N-dealkylation sites (N-methyl/N-ethyl adjacent to an activating group) is 1. The molecule has 0 spiro atoms. The van der Waals surface area contributed by atoms with Gasteiger partial charge in [0.15, 0.2) is 0 Å². The first-order valence-electron chi connectivity index (χ1n) is 11.9. The molecular weight excluding hydrogens is 452 g/mol. The Hall–Kier alpha value is -2.83. The van der Waals surface area contributed by atoms with Crippen LogP contribution in [0.25, 0.3) is 5.76 Å². The van der Waals surface area contributed by atoms with Gasteiger partial charge in [0, 0.05) is 23.7 Å². The highest BCUT2D eigenvalue weighted by Crippen LogP contribution is 2.39. The number of hydrogen-bond acceptors (Lipinski definition) is 5.